The van der Waals surface area contributed by atoms with Crippen molar-refractivity contribution in [2.45, 2.75) is 6.42 Å². The molecule has 0 bridgehead atoms. The Morgan fingerprint density at radius 2 is 1.91 bits per heavy atom. The lowest BCUT2D eigenvalue weighted by molar-refractivity contribution is -0.123. The number of nitrogens with two attached hydrogens (primary N) is 2. The fourth-order valence-electron chi connectivity index (χ4n) is 2.31. The van der Waals surface area contributed by atoms with Crippen molar-refractivity contribution in [3.63, 3.8) is 0 Å². The van der Waals surface area contributed by atoms with Crippen LogP contribution in [0.2, 0.25) is 0 Å². The zero-order valence-corrected chi connectivity index (χ0v) is 11.6. The van der Waals surface area contributed by atoms with Crippen molar-refractivity contribution in [2.24, 2.45) is 11.7 Å². The van der Waals surface area contributed by atoms with Gasteiger partial charge < -0.3 is 11.5 Å². The number of amides is 2. The molecule has 0 saturated carbocycles. The number of benzene rings is 1. The van der Waals surface area contributed by atoms with Crippen LogP contribution in [0.5, 0.6) is 0 Å². The second kappa shape index (κ2) is 5.40. The second-order valence-electron chi connectivity index (χ2n) is 4.99. The van der Waals surface area contributed by atoms with E-state index in [0.29, 0.717) is 5.82 Å². The SMILES string of the molecule is NC(=O)C1CC(=O)N(c2nc(N)nc(-c3ccccc3)n2)C1. The number of rotatable bonds is 3. The summed E-state index contributed by atoms with van der Waals surface area (Å²) in [5.41, 5.74) is 11.7. The highest BCUT2D eigenvalue weighted by molar-refractivity contribution is 5.99. The first kappa shape index (κ1) is 13.9. The van der Waals surface area contributed by atoms with Crippen molar-refractivity contribution < 1.29 is 9.59 Å². The fraction of sp³-hybridized carbons (Fsp3) is 0.214. The Bertz CT molecular complexity index is 733. The molecule has 1 aromatic carbocycles. The summed E-state index contributed by atoms with van der Waals surface area (Å²) in [4.78, 5) is 36.9. The van der Waals surface area contributed by atoms with Crippen molar-refractivity contribution in [3.05, 3.63) is 30.3 Å². The van der Waals surface area contributed by atoms with Gasteiger partial charge in [0.1, 0.15) is 0 Å². The van der Waals surface area contributed by atoms with Crippen LogP contribution in [0.15, 0.2) is 30.3 Å². The van der Waals surface area contributed by atoms with E-state index in [-0.39, 0.29) is 30.8 Å². The summed E-state index contributed by atoms with van der Waals surface area (Å²) in [6.07, 6.45) is 0.0571. The number of aromatic nitrogens is 3. The molecule has 2 amide bonds. The van der Waals surface area contributed by atoms with Crippen molar-refractivity contribution in [3.8, 4) is 11.4 Å². The zero-order valence-electron chi connectivity index (χ0n) is 11.6. The average molecular weight is 298 g/mol. The molecule has 22 heavy (non-hydrogen) atoms. The number of nitrogen functional groups attached to an aromatic ring is 1. The van der Waals surface area contributed by atoms with Gasteiger partial charge in [-0.25, -0.2) is 0 Å². The molecule has 2 aromatic rings. The van der Waals surface area contributed by atoms with Gasteiger partial charge in [0, 0.05) is 18.5 Å². The van der Waals surface area contributed by atoms with Gasteiger partial charge in [-0.15, -0.1) is 0 Å². The molecule has 112 valence electrons. The predicted molar refractivity (Wildman–Crippen MR) is 79.3 cm³/mol. The largest absolute Gasteiger partial charge is 0.369 e. The third-order valence-electron chi connectivity index (χ3n) is 3.44. The Balaban J connectivity index is 1.97. The lowest BCUT2D eigenvalue weighted by Crippen LogP contribution is -2.30. The maximum Gasteiger partial charge on any atom is 0.237 e. The van der Waals surface area contributed by atoms with Crippen molar-refractivity contribution >= 4 is 23.7 Å². The van der Waals surface area contributed by atoms with Gasteiger partial charge in [-0.1, -0.05) is 30.3 Å². The van der Waals surface area contributed by atoms with Gasteiger partial charge in [-0.05, 0) is 0 Å². The van der Waals surface area contributed by atoms with E-state index in [0.717, 1.165) is 5.56 Å². The van der Waals surface area contributed by atoms with Gasteiger partial charge in [0.15, 0.2) is 5.82 Å². The number of primary amides is 1. The van der Waals surface area contributed by atoms with Crippen LogP contribution in [0.4, 0.5) is 11.9 Å². The van der Waals surface area contributed by atoms with E-state index in [1.54, 1.807) is 0 Å². The van der Waals surface area contributed by atoms with Crippen LogP contribution >= 0.6 is 0 Å². The molecule has 8 heteroatoms. The van der Waals surface area contributed by atoms with Crippen LogP contribution in [-0.4, -0.2) is 33.3 Å². The molecule has 0 aliphatic carbocycles. The topological polar surface area (TPSA) is 128 Å². The van der Waals surface area contributed by atoms with Crippen LogP contribution in [0.3, 0.4) is 0 Å². The van der Waals surface area contributed by atoms with Gasteiger partial charge in [0.25, 0.3) is 0 Å². The molecule has 0 spiro atoms. The van der Waals surface area contributed by atoms with Crippen LogP contribution in [-0.2, 0) is 9.59 Å². The second-order valence-corrected chi connectivity index (χ2v) is 4.99. The van der Waals surface area contributed by atoms with Gasteiger partial charge in [-0.2, -0.15) is 15.0 Å². The third kappa shape index (κ3) is 2.58. The molecule has 2 heterocycles. The molecule has 1 unspecified atom stereocenters. The van der Waals surface area contributed by atoms with Crippen LogP contribution < -0.4 is 16.4 Å². The normalized spacial score (nSPS) is 17.7. The minimum absolute atomic E-state index is 0.0131. The van der Waals surface area contributed by atoms with E-state index < -0.39 is 11.8 Å². The van der Waals surface area contributed by atoms with Gasteiger partial charge in [-0.3, -0.25) is 14.5 Å². The van der Waals surface area contributed by atoms with Crippen molar-refractivity contribution in [2.75, 3.05) is 17.2 Å². The molecule has 0 radical (unpaired) electrons. The van der Waals surface area contributed by atoms with E-state index in [1.807, 2.05) is 30.3 Å². The average Bonchev–Trinajstić information content (AvgIpc) is 2.90. The first-order chi connectivity index (χ1) is 10.5. The molecule has 4 N–H and O–H groups in total. The highest BCUT2D eigenvalue weighted by Crippen LogP contribution is 2.24. The Labute approximate surface area is 126 Å². The minimum atomic E-state index is -0.536. The smallest absolute Gasteiger partial charge is 0.237 e. The molecular weight excluding hydrogens is 284 g/mol. The lowest BCUT2D eigenvalue weighted by Gasteiger charge is -2.14. The standard InChI is InChI=1S/C14H14N6O2/c15-11(22)9-6-10(21)20(7-9)14-18-12(17-13(16)19-14)8-4-2-1-3-5-8/h1-5,9H,6-7H2,(H2,15,22)(H2,16,17,18,19). The summed E-state index contributed by atoms with van der Waals surface area (Å²) in [7, 11) is 0. The number of carbonyl (C=O) groups excluding carboxylic acids is 2. The lowest BCUT2D eigenvalue weighted by atomic mass is 10.1. The van der Waals surface area contributed by atoms with Crippen LogP contribution in [0, 0.1) is 5.92 Å². The fourth-order valence-corrected chi connectivity index (χ4v) is 2.31. The van der Waals surface area contributed by atoms with Crippen LogP contribution in [0.1, 0.15) is 6.42 Å². The molecule has 1 aliphatic heterocycles. The maximum atomic E-state index is 12.0. The molecule has 1 fully saturated rings. The van der Waals surface area contributed by atoms with Crippen LogP contribution in [0.25, 0.3) is 11.4 Å². The summed E-state index contributed by atoms with van der Waals surface area (Å²) < 4.78 is 0. The molecular formula is C14H14N6O2. The highest BCUT2D eigenvalue weighted by atomic mass is 16.2. The Morgan fingerprint density at radius 1 is 1.18 bits per heavy atom. The quantitative estimate of drug-likeness (QED) is 0.818. The number of hydrogen-bond donors (Lipinski definition) is 2. The Morgan fingerprint density at radius 3 is 2.55 bits per heavy atom. The summed E-state index contributed by atoms with van der Waals surface area (Å²) in [5, 5.41) is 0. The maximum absolute atomic E-state index is 12.0. The zero-order chi connectivity index (χ0) is 15.7. The summed E-state index contributed by atoms with van der Waals surface area (Å²) >= 11 is 0. The van der Waals surface area contributed by atoms with Crippen molar-refractivity contribution in [1.29, 1.82) is 0 Å². The van der Waals surface area contributed by atoms with E-state index in [4.69, 9.17) is 11.5 Å². The number of anilines is 2. The summed E-state index contributed by atoms with van der Waals surface area (Å²) in [6, 6.07) is 9.22. The van der Waals surface area contributed by atoms with E-state index in [2.05, 4.69) is 15.0 Å². The predicted octanol–water partition coefficient (Wildman–Crippen LogP) is -0.0410. The molecule has 1 aromatic heterocycles. The molecule has 1 atom stereocenters. The Kier molecular flexibility index (Phi) is 3.42. The monoisotopic (exact) mass is 298 g/mol. The van der Waals surface area contributed by atoms with Gasteiger partial charge in [0.2, 0.25) is 23.7 Å². The minimum Gasteiger partial charge on any atom is -0.369 e. The van der Waals surface area contributed by atoms with E-state index in [9.17, 15) is 9.59 Å². The molecule has 1 aliphatic rings. The third-order valence-corrected chi connectivity index (χ3v) is 3.44. The highest BCUT2D eigenvalue weighted by Gasteiger charge is 2.35. The first-order valence-electron chi connectivity index (χ1n) is 6.71. The summed E-state index contributed by atoms with van der Waals surface area (Å²) in [6.45, 7) is 0.159. The van der Waals surface area contributed by atoms with Gasteiger partial charge in [0.05, 0.1) is 5.92 Å². The molecule has 1 saturated heterocycles. The number of hydrogen-bond acceptors (Lipinski definition) is 6. The molecule has 8 nitrogen and oxygen atoms in total. The van der Waals surface area contributed by atoms with Gasteiger partial charge >= 0.3 is 0 Å². The van der Waals surface area contributed by atoms with Crippen molar-refractivity contribution in [1.82, 2.24) is 15.0 Å². The van der Waals surface area contributed by atoms with E-state index in [1.165, 1.54) is 4.90 Å². The van der Waals surface area contributed by atoms with E-state index >= 15 is 0 Å². The number of carbonyl (C=O) groups is 2. The molecule has 3 rings (SSSR count). The Hall–Kier alpha value is -3.03. The first-order valence-corrected chi connectivity index (χ1v) is 6.71. The number of nitrogens with zero attached hydrogens (tertiary/aromatic N) is 4. The summed E-state index contributed by atoms with van der Waals surface area (Å²) in [5.74, 6) is -0.780.